The fraction of sp³-hybridized carbons (Fsp3) is 0.600. The van der Waals surface area contributed by atoms with Gasteiger partial charge in [0.2, 0.25) is 5.91 Å². The molecule has 114 valence electrons. The predicted octanol–water partition coefficient (Wildman–Crippen LogP) is 0.706. The summed E-state index contributed by atoms with van der Waals surface area (Å²) in [5.74, 6) is 0.491. The Hall–Kier alpha value is -1.82. The van der Waals surface area contributed by atoms with E-state index in [4.69, 9.17) is 4.42 Å². The molecule has 0 unspecified atom stereocenters. The highest BCUT2D eigenvalue weighted by molar-refractivity contribution is 5.91. The molecule has 1 aliphatic carbocycles. The quantitative estimate of drug-likeness (QED) is 0.867. The molecule has 2 heterocycles. The SMILES string of the molecule is O=C(CCN1CCN(C(=O)c2ccco2)CC1)NC1CC1. The fourth-order valence-electron chi connectivity index (χ4n) is 2.52. The van der Waals surface area contributed by atoms with Crippen molar-refractivity contribution < 1.29 is 14.0 Å². The highest BCUT2D eigenvalue weighted by atomic mass is 16.3. The number of nitrogens with one attached hydrogen (secondary N) is 1. The lowest BCUT2D eigenvalue weighted by molar-refractivity contribution is -0.121. The Kier molecular flexibility index (Phi) is 4.24. The number of nitrogens with zero attached hydrogens (tertiary/aromatic N) is 2. The van der Waals surface area contributed by atoms with Gasteiger partial charge in [-0.15, -0.1) is 0 Å². The lowest BCUT2D eigenvalue weighted by Crippen LogP contribution is -2.49. The van der Waals surface area contributed by atoms with Crippen LogP contribution in [0.4, 0.5) is 0 Å². The third-order valence-electron chi connectivity index (χ3n) is 3.99. The molecule has 2 aliphatic rings. The van der Waals surface area contributed by atoms with Gasteiger partial charge in [0.15, 0.2) is 5.76 Å². The summed E-state index contributed by atoms with van der Waals surface area (Å²) in [6, 6.07) is 3.85. The van der Waals surface area contributed by atoms with Crippen LogP contribution >= 0.6 is 0 Å². The first kappa shape index (κ1) is 14.1. The summed E-state index contributed by atoms with van der Waals surface area (Å²) >= 11 is 0. The van der Waals surface area contributed by atoms with Crippen LogP contribution in [0.2, 0.25) is 0 Å². The number of furan rings is 1. The van der Waals surface area contributed by atoms with E-state index in [0.717, 1.165) is 32.5 Å². The van der Waals surface area contributed by atoms with Crippen LogP contribution in [0.1, 0.15) is 29.8 Å². The summed E-state index contributed by atoms with van der Waals surface area (Å²) in [5, 5.41) is 3.00. The van der Waals surface area contributed by atoms with Gasteiger partial charge in [0.1, 0.15) is 0 Å². The molecule has 6 heteroatoms. The molecule has 1 aromatic rings. The number of hydrogen-bond donors (Lipinski definition) is 1. The molecule has 0 spiro atoms. The van der Waals surface area contributed by atoms with Crippen molar-refractivity contribution in [1.82, 2.24) is 15.1 Å². The second-order valence-corrected chi connectivity index (χ2v) is 5.70. The van der Waals surface area contributed by atoms with Gasteiger partial charge in [0.05, 0.1) is 6.26 Å². The molecule has 6 nitrogen and oxygen atoms in total. The molecule has 0 bridgehead atoms. The van der Waals surface area contributed by atoms with Crippen molar-refractivity contribution in [2.75, 3.05) is 32.7 Å². The number of piperazine rings is 1. The van der Waals surface area contributed by atoms with Gasteiger partial charge in [-0.05, 0) is 25.0 Å². The molecular formula is C15H21N3O3. The van der Waals surface area contributed by atoms with Crippen LogP contribution in [0.3, 0.4) is 0 Å². The normalized spacial score (nSPS) is 19.5. The molecule has 1 saturated carbocycles. The van der Waals surface area contributed by atoms with E-state index in [1.807, 2.05) is 0 Å². The van der Waals surface area contributed by atoms with E-state index in [1.54, 1.807) is 17.0 Å². The van der Waals surface area contributed by atoms with Crippen LogP contribution in [-0.2, 0) is 4.79 Å². The van der Waals surface area contributed by atoms with Crippen LogP contribution in [-0.4, -0.2) is 60.4 Å². The van der Waals surface area contributed by atoms with Crippen molar-refractivity contribution in [1.29, 1.82) is 0 Å². The van der Waals surface area contributed by atoms with Crippen LogP contribution in [0.25, 0.3) is 0 Å². The molecule has 1 saturated heterocycles. The average molecular weight is 291 g/mol. The Morgan fingerprint density at radius 1 is 1.24 bits per heavy atom. The topological polar surface area (TPSA) is 65.8 Å². The second kappa shape index (κ2) is 6.30. The number of carbonyl (C=O) groups excluding carboxylic acids is 2. The van der Waals surface area contributed by atoms with E-state index in [0.29, 0.717) is 31.3 Å². The molecule has 1 aromatic heterocycles. The molecule has 1 aliphatic heterocycles. The number of rotatable bonds is 5. The first-order valence-electron chi connectivity index (χ1n) is 7.57. The third-order valence-corrected chi connectivity index (χ3v) is 3.99. The van der Waals surface area contributed by atoms with Gasteiger partial charge in [-0.2, -0.15) is 0 Å². The standard InChI is InChI=1S/C15H21N3O3/c19-14(16-12-3-4-12)5-6-17-7-9-18(10-8-17)15(20)13-2-1-11-21-13/h1-2,11-12H,3-10H2,(H,16,19). The van der Waals surface area contributed by atoms with E-state index in [-0.39, 0.29) is 11.8 Å². The van der Waals surface area contributed by atoms with Gasteiger partial charge in [0, 0.05) is 45.2 Å². The van der Waals surface area contributed by atoms with Crippen LogP contribution < -0.4 is 5.32 Å². The summed E-state index contributed by atoms with van der Waals surface area (Å²) in [6.45, 7) is 3.75. The fourth-order valence-corrected chi connectivity index (χ4v) is 2.52. The second-order valence-electron chi connectivity index (χ2n) is 5.70. The maximum absolute atomic E-state index is 12.1. The first-order valence-corrected chi connectivity index (χ1v) is 7.57. The lowest BCUT2D eigenvalue weighted by Gasteiger charge is -2.34. The molecule has 0 aromatic carbocycles. The smallest absolute Gasteiger partial charge is 0.289 e. The van der Waals surface area contributed by atoms with Crippen molar-refractivity contribution in [3.63, 3.8) is 0 Å². The zero-order chi connectivity index (χ0) is 14.7. The summed E-state index contributed by atoms with van der Waals surface area (Å²) in [6.07, 6.45) is 4.31. The van der Waals surface area contributed by atoms with E-state index < -0.39 is 0 Å². The van der Waals surface area contributed by atoms with Gasteiger partial charge < -0.3 is 14.6 Å². The molecule has 2 fully saturated rings. The molecule has 0 atom stereocenters. The number of hydrogen-bond acceptors (Lipinski definition) is 4. The third kappa shape index (κ3) is 3.85. The van der Waals surface area contributed by atoms with Gasteiger partial charge in [-0.3, -0.25) is 14.5 Å². The Bertz CT molecular complexity index is 488. The largest absolute Gasteiger partial charge is 0.459 e. The van der Waals surface area contributed by atoms with Gasteiger partial charge in [-0.25, -0.2) is 0 Å². The van der Waals surface area contributed by atoms with Crippen molar-refractivity contribution >= 4 is 11.8 Å². The summed E-state index contributed by atoms with van der Waals surface area (Å²) in [5.41, 5.74) is 0. The Morgan fingerprint density at radius 2 is 2.00 bits per heavy atom. The highest BCUT2D eigenvalue weighted by Crippen LogP contribution is 2.18. The summed E-state index contributed by atoms with van der Waals surface area (Å²) in [4.78, 5) is 27.8. The van der Waals surface area contributed by atoms with Crippen molar-refractivity contribution in [3.05, 3.63) is 24.2 Å². The van der Waals surface area contributed by atoms with Gasteiger partial charge >= 0.3 is 0 Å². The monoisotopic (exact) mass is 291 g/mol. The maximum atomic E-state index is 12.1. The van der Waals surface area contributed by atoms with Crippen LogP contribution in [0.5, 0.6) is 0 Å². The maximum Gasteiger partial charge on any atom is 0.289 e. The lowest BCUT2D eigenvalue weighted by atomic mass is 10.2. The van der Waals surface area contributed by atoms with Crippen LogP contribution in [0.15, 0.2) is 22.8 Å². The zero-order valence-corrected chi connectivity index (χ0v) is 12.1. The van der Waals surface area contributed by atoms with Crippen molar-refractivity contribution in [3.8, 4) is 0 Å². The van der Waals surface area contributed by atoms with E-state index >= 15 is 0 Å². The molecule has 3 rings (SSSR count). The van der Waals surface area contributed by atoms with Gasteiger partial charge in [-0.1, -0.05) is 0 Å². The minimum absolute atomic E-state index is 0.0499. The summed E-state index contributed by atoms with van der Waals surface area (Å²) in [7, 11) is 0. The Morgan fingerprint density at radius 3 is 2.62 bits per heavy atom. The predicted molar refractivity (Wildman–Crippen MR) is 76.8 cm³/mol. The van der Waals surface area contributed by atoms with Crippen molar-refractivity contribution in [2.24, 2.45) is 0 Å². The van der Waals surface area contributed by atoms with Crippen molar-refractivity contribution in [2.45, 2.75) is 25.3 Å². The first-order chi connectivity index (χ1) is 10.2. The zero-order valence-electron chi connectivity index (χ0n) is 12.1. The number of carbonyl (C=O) groups is 2. The molecule has 1 N–H and O–H groups in total. The van der Waals surface area contributed by atoms with E-state index in [2.05, 4.69) is 10.2 Å². The molecule has 2 amide bonds. The minimum Gasteiger partial charge on any atom is -0.459 e. The minimum atomic E-state index is -0.0499. The van der Waals surface area contributed by atoms with Crippen LogP contribution in [0, 0.1) is 0 Å². The number of amides is 2. The Balaban J connectivity index is 1.38. The van der Waals surface area contributed by atoms with Gasteiger partial charge in [0.25, 0.3) is 5.91 Å². The molecule has 21 heavy (non-hydrogen) atoms. The summed E-state index contributed by atoms with van der Waals surface area (Å²) < 4.78 is 5.14. The average Bonchev–Trinajstić information content (AvgIpc) is 3.15. The highest BCUT2D eigenvalue weighted by Gasteiger charge is 2.25. The van der Waals surface area contributed by atoms with E-state index in [1.165, 1.54) is 6.26 Å². The molecule has 0 radical (unpaired) electrons. The Labute approximate surface area is 124 Å². The van der Waals surface area contributed by atoms with E-state index in [9.17, 15) is 9.59 Å². The molecular weight excluding hydrogens is 270 g/mol.